The van der Waals surface area contributed by atoms with Gasteiger partial charge in [0.15, 0.2) is 0 Å². The van der Waals surface area contributed by atoms with Crippen molar-refractivity contribution in [3.8, 4) is 0 Å². The molecule has 0 unspecified atom stereocenters. The van der Waals surface area contributed by atoms with Crippen molar-refractivity contribution in [1.82, 2.24) is 0 Å². The van der Waals surface area contributed by atoms with E-state index in [0.29, 0.717) is 0 Å². The van der Waals surface area contributed by atoms with Crippen LogP contribution < -0.4 is 10.2 Å². The minimum absolute atomic E-state index is 0.720. The molecule has 0 amide bonds. The van der Waals surface area contributed by atoms with Gasteiger partial charge in [0.25, 0.3) is 0 Å². The van der Waals surface area contributed by atoms with Gasteiger partial charge in [0.1, 0.15) is 0 Å². The number of anilines is 2. The molecule has 100 valence electrons. The van der Waals surface area contributed by atoms with Crippen molar-refractivity contribution in [2.45, 2.75) is 6.54 Å². The predicted octanol–water partition coefficient (Wildman–Crippen LogP) is 4.67. The van der Waals surface area contributed by atoms with Crippen molar-refractivity contribution in [3.05, 3.63) is 58.1 Å². The molecule has 4 heteroatoms. The number of rotatable bonds is 4. The second kappa shape index (κ2) is 6.18. The summed E-state index contributed by atoms with van der Waals surface area (Å²) < 4.78 is 0. The largest absolute Gasteiger partial charge is 0.381 e. The Morgan fingerprint density at radius 3 is 2.47 bits per heavy atom. The highest BCUT2D eigenvalue weighted by Gasteiger charge is 2.03. The van der Waals surface area contributed by atoms with E-state index in [1.807, 2.05) is 61.5 Å². The lowest BCUT2D eigenvalue weighted by Gasteiger charge is -2.15. The second-order valence-corrected chi connectivity index (χ2v) is 5.39. The molecule has 0 aromatic heterocycles. The normalized spacial score (nSPS) is 10.3. The maximum absolute atomic E-state index is 6.23. The lowest BCUT2D eigenvalue weighted by atomic mass is 10.2. The van der Waals surface area contributed by atoms with Crippen LogP contribution in [0.15, 0.2) is 42.5 Å². The van der Waals surface area contributed by atoms with Gasteiger partial charge in [-0.15, -0.1) is 0 Å². The maximum atomic E-state index is 6.23. The molecule has 0 bridgehead atoms. The number of hydrogen-bond donors (Lipinski definition) is 1. The lowest BCUT2D eigenvalue weighted by Crippen LogP contribution is -2.09. The molecule has 2 aromatic rings. The van der Waals surface area contributed by atoms with E-state index in [4.69, 9.17) is 23.2 Å². The summed E-state index contributed by atoms with van der Waals surface area (Å²) in [4.78, 5) is 1.99. The summed E-state index contributed by atoms with van der Waals surface area (Å²) in [6.07, 6.45) is 0. The Bertz CT molecular complexity index is 568. The van der Waals surface area contributed by atoms with Crippen LogP contribution in [0.2, 0.25) is 10.0 Å². The van der Waals surface area contributed by atoms with Crippen molar-refractivity contribution in [1.29, 1.82) is 0 Å². The highest BCUT2D eigenvalue weighted by Crippen LogP contribution is 2.27. The van der Waals surface area contributed by atoms with Crippen LogP contribution in [-0.4, -0.2) is 14.1 Å². The molecular formula is C15H16Cl2N2. The Hall–Kier alpha value is -1.38. The van der Waals surface area contributed by atoms with E-state index < -0.39 is 0 Å². The predicted molar refractivity (Wildman–Crippen MR) is 84.6 cm³/mol. The molecule has 0 aliphatic carbocycles. The highest BCUT2D eigenvalue weighted by molar-refractivity contribution is 6.33. The molecule has 0 saturated heterocycles. The summed E-state index contributed by atoms with van der Waals surface area (Å²) in [7, 11) is 3.95. The third-order valence-electron chi connectivity index (χ3n) is 2.82. The van der Waals surface area contributed by atoms with Crippen LogP contribution in [0, 0.1) is 0 Å². The van der Waals surface area contributed by atoms with E-state index in [0.717, 1.165) is 33.5 Å². The third kappa shape index (κ3) is 3.79. The molecule has 0 spiro atoms. The Morgan fingerprint density at radius 2 is 1.84 bits per heavy atom. The van der Waals surface area contributed by atoms with Gasteiger partial charge in [-0.1, -0.05) is 35.3 Å². The summed E-state index contributed by atoms with van der Waals surface area (Å²) in [5.74, 6) is 0. The summed E-state index contributed by atoms with van der Waals surface area (Å²) >= 11 is 12.2. The van der Waals surface area contributed by atoms with Crippen LogP contribution in [0.5, 0.6) is 0 Å². The number of nitrogens with zero attached hydrogens (tertiary/aromatic N) is 1. The SMILES string of the molecule is CN(C)c1ccc(NCc2cccc(Cl)c2)cc1Cl. The van der Waals surface area contributed by atoms with Gasteiger partial charge < -0.3 is 10.2 Å². The molecule has 2 nitrogen and oxygen atoms in total. The molecule has 2 rings (SSSR count). The van der Waals surface area contributed by atoms with Crippen LogP contribution in [-0.2, 0) is 6.54 Å². The smallest absolute Gasteiger partial charge is 0.0659 e. The monoisotopic (exact) mass is 294 g/mol. The zero-order valence-corrected chi connectivity index (χ0v) is 12.5. The zero-order valence-electron chi connectivity index (χ0n) is 11.0. The van der Waals surface area contributed by atoms with Gasteiger partial charge in [-0.25, -0.2) is 0 Å². The van der Waals surface area contributed by atoms with Crippen LogP contribution in [0.25, 0.3) is 0 Å². The van der Waals surface area contributed by atoms with Gasteiger partial charge in [0.05, 0.1) is 10.7 Å². The van der Waals surface area contributed by atoms with Gasteiger partial charge in [-0.05, 0) is 35.9 Å². The Kier molecular flexibility index (Phi) is 4.56. The van der Waals surface area contributed by atoms with Crippen molar-refractivity contribution in [2.75, 3.05) is 24.3 Å². The molecule has 0 heterocycles. The van der Waals surface area contributed by atoms with E-state index in [-0.39, 0.29) is 0 Å². The van der Waals surface area contributed by atoms with Crippen LogP contribution >= 0.6 is 23.2 Å². The van der Waals surface area contributed by atoms with Gasteiger partial charge in [-0.2, -0.15) is 0 Å². The fourth-order valence-electron chi connectivity index (χ4n) is 1.83. The highest BCUT2D eigenvalue weighted by atomic mass is 35.5. The standard InChI is InChI=1S/C15H16Cl2N2/c1-19(2)15-7-6-13(9-14(15)17)18-10-11-4-3-5-12(16)8-11/h3-9,18H,10H2,1-2H3. The average molecular weight is 295 g/mol. The van der Waals surface area contributed by atoms with Gasteiger partial charge >= 0.3 is 0 Å². The molecule has 0 radical (unpaired) electrons. The van der Waals surface area contributed by atoms with E-state index in [2.05, 4.69) is 5.32 Å². The average Bonchev–Trinajstić information content (AvgIpc) is 2.36. The molecule has 0 aliphatic rings. The van der Waals surface area contributed by atoms with Crippen molar-refractivity contribution in [2.24, 2.45) is 0 Å². The number of hydrogen-bond acceptors (Lipinski definition) is 2. The molecule has 0 aliphatic heterocycles. The topological polar surface area (TPSA) is 15.3 Å². The summed E-state index contributed by atoms with van der Waals surface area (Å²) in [6, 6.07) is 13.8. The van der Waals surface area contributed by atoms with E-state index in [9.17, 15) is 0 Å². The van der Waals surface area contributed by atoms with Crippen LogP contribution in [0.3, 0.4) is 0 Å². The van der Waals surface area contributed by atoms with Crippen molar-refractivity contribution >= 4 is 34.6 Å². The Labute approximate surface area is 123 Å². The van der Waals surface area contributed by atoms with E-state index in [1.165, 1.54) is 0 Å². The molecular weight excluding hydrogens is 279 g/mol. The number of benzene rings is 2. The molecule has 0 atom stereocenters. The van der Waals surface area contributed by atoms with Gasteiger partial charge in [0.2, 0.25) is 0 Å². The first kappa shape index (κ1) is 14.0. The molecule has 1 N–H and O–H groups in total. The first-order chi connectivity index (χ1) is 9.06. The number of nitrogens with one attached hydrogen (secondary N) is 1. The number of halogens is 2. The molecule has 2 aromatic carbocycles. The van der Waals surface area contributed by atoms with E-state index >= 15 is 0 Å². The van der Waals surface area contributed by atoms with E-state index in [1.54, 1.807) is 0 Å². The van der Waals surface area contributed by atoms with Crippen LogP contribution in [0.1, 0.15) is 5.56 Å². The van der Waals surface area contributed by atoms with Crippen molar-refractivity contribution < 1.29 is 0 Å². The Morgan fingerprint density at radius 1 is 1.05 bits per heavy atom. The first-order valence-corrected chi connectivity index (χ1v) is 6.77. The summed E-state index contributed by atoms with van der Waals surface area (Å²) in [5, 5.41) is 4.82. The maximum Gasteiger partial charge on any atom is 0.0659 e. The molecule has 0 saturated carbocycles. The first-order valence-electron chi connectivity index (χ1n) is 6.01. The molecule has 0 fully saturated rings. The fourth-order valence-corrected chi connectivity index (χ4v) is 2.39. The summed E-state index contributed by atoms with van der Waals surface area (Å²) in [6.45, 7) is 0.720. The fraction of sp³-hybridized carbons (Fsp3) is 0.200. The quantitative estimate of drug-likeness (QED) is 0.881. The van der Waals surface area contributed by atoms with Crippen LogP contribution in [0.4, 0.5) is 11.4 Å². The van der Waals surface area contributed by atoms with Crippen molar-refractivity contribution in [3.63, 3.8) is 0 Å². The zero-order chi connectivity index (χ0) is 13.8. The second-order valence-electron chi connectivity index (χ2n) is 4.54. The summed E-state index contributed by atoms with van der Waals surface area (Å²) in [5.41, 5.74) is 3.14. The Balaban J connectivity index is 2.06. The van der Waals surface area contributed by atoms with Gasteiger partial charge in [0, 0.05) is 31.4 Å². The minimum atomic E-state index is 0.720. The van der Waals surface area contributed by atoms with Gasteiger partial charge in [-0.3, -0.25) is 0 Å². The minimum Gasteiger partial charge on any atom is -0.381 e. The molecule has 19 heavy (non-hydrogen) atoms. The lowest BCUT2D eigenvalue weighted by molar-refractivity contribution is 1.12. The third-order valence-corrected chi connectivity index (χ3v) is 3.35.